The average Bonchev–Trinajstić information content (AvgIpc) is 2.80. The van der Waals surface area contributed by atoms with Crippen molar-refractivity contribution in [2.24, 2.45) is 0 Å². The number of nitrogens with one attached hydrogen (secondary N) is 2. The van der Waals surface area contributed by atoms with Gasteiger partial charge in [0.05, 0.1) is 17.0 Å². The van der Waals surface area contributed by atoms with Gasteiger partial charge in [0.25, 0.3) is 0 Å². The van der Waals surface area contributed by atoms with Crippen molar-refractivity contribution >= 4 is 29.2 Å². The Kier molecular flexibility index (Phi) is 4.75. The van der Waals surface area contributed by atoms with Gasteiger partial charge in [-0.05, 0) is 39.8 Å². The summed E-state index contributed by atoms with van der Waals surface area (Å²) in [5.41, 5.74) is 0.572. The Morgan fingerprint density at radius 2 is 2.05 bits per heavy atom. The van der Waals surface area contributed by atoms with Crippen molar-refractivity contribution in [3.05, 3.63) is 30.6 Å². The van der Waals surface area contributed by atoms with Crippen LogP contribution in [0.25, 0.3) is 5.52 Å². The van der Waals surface area contributed by atoms with E-state index >= 15 is 0 Å². The fourth-order valence-corrected chi connectivity index (χ4v) is 2.68. The maximum absolute atomic E-state index is 12.1. The number of aromatic nitrogens is 2. The molecule has 0 saturated heterocycles. The summed E-state index contributed by atoms with van der Waals surface area (Å²) >= 11 is 1.31. The third-order valence-electron chi connectivity index (χ3n) is 2.78. The van der Waals surface area contributed by atoms with Crippen molar-refractivity contribution in [1.29, 1.82) is 0 Å². The molecule has 0 aliphatic rings. The predicted octanol–water partition coefficient (Wildman–Crippen LogP) is 2.44. The van der Waals surface area contributed by atoms with Crippen LogP contribution in [0.5, 0.6) is 0 Å². The monoisotopic (exact) mass is 320 g/mol. The summed E-state index contributed by atoms with van der Waals surface area (Å²) in [5, 5.41) is 5.33. The molecule has 2 aromatic rings. The van der Waals surface area contributed by atoms with Gasteiger partial charge in [0.1, 0.15) is 0 Å². The molecule has 0 fully saturated rings. The van der Waals surface area contributed by atoms with Gasteiger partial charge in [0.2, 0.25) is 5.91 Å². The minimum Gasteiger partial charge on any atom is -0.333 e. The second-order valence-corrected chi connectivity index (χ2v) is 7.30. The third kappa shape index (κ3) is 4.24. The molecule has 1 atom stereocenters. The Balaban J connectivity index is 1.98. The maximum atomic E-state index is 12.1. The zero-order chi connectivity index (χ0) is 16.3. The molecule has 3 amide bonds. The number of carbonyl (C=O) groups is 2. The van der Waals surface area contributed by atoms with Crippen molar-refractivity contribution < 1.29 is 9.59 Å². The van der Waals surface area contributed by atoms with Gasteiger partial charge in [-0.3, -0.25) is 14.5 Å². The van der Waals surface area contributed by atoms with Crippen LogP contribution >= 0.6 is 11.8 Å². The number of hydrogen-bond donors (Lipinski definition) is 2. The predicted molar refractivity (Wildman–Crippen MR) is 86.9 cm³/mol. The van der Waals surface area contributed by atoms with E-state index < -0.39 is 11.3 Å². The van der Waals surface area contributed by atoms with Crippen molar-refractivity contribution in [3.8, 4) is 0 Å². The highest BCUT2D eigenvalue weighted by Crippen LogP contribution is 2.23. The molecular formula is C15H20N4O2S. The number of fused-ring (bicyclic) bond motifs is 1. The highest BCUT2D eigenvalue weighted by Gasteiger charge is 2.21. The third-order valence-corrected chi connectivity index (χ3v) is 3.86. The van der Waals surface area contributed by atoms with Crippen LogP contribution in [0.3, 0.4) is 0 Å². The Hall–Kier alpha value is -2.02. The lowest BCUT2D eigenvalue weighted by Crippen LogP contribution is -2.49. The van der Waals surface area contributed by atoms with E-state index in [-0.39, 0.29) is 11.4 Å². The molecule has 2 N–H and O–H groups in total. The molecule has 0 bridgehead atoms. The first kappa shape index (κ1) is 16.4. The van der Waals surface area contributed by atoms with Crippen LogP contribution in [0, 0.1) is 0 Å². The number of pyridine rings is 1. The molecule has 2 aromatic heterocycles. The van der Waals surface area contributed by atoms with Gasteiger partial charge < -0.3 is 5.32 Å². The number of imidazole rings is 1. The fraction of sp³-hybridized carbons (Fsp3) is 0.400. The Morgan fingerprint density at radius 3 is 2.73 bits per heavy atom. The molecule has 0 unspecified atom stereocenters. The second kappa shape index (κ2) is 6.39. The van der Waals surface area contributed by atoms with Crippen LogP contribution in [-0.2, 0) is 4.79 Å². The number of amides is 3. The van der Waals surface area contributed by atoms with E-state index in [1.165, 1.54) is 11.8 Å². The van der Waals surface area contributed by atoms with E-state index in [2.05, 4.69) is 15.6 Å². The highest BCUT2D eigenvalue weighted by atomic mass is 32.2. The molecule has 118 valence electrons. The van der Waals surface area contributed by atoms with Crippen LogP contribution in [0.4, 0.5) is 4.79 Å². The van der Waals surface area contributed by atoms with Crippen LogP contribution < -0.4 is 10.6 Å². The molecule has 0 spiro atoms. The second-order valence-electron chi connectivity index (χ2n) is 5.99. The lowest BCUT2D eigenvalue weighted by Gasteiger charge is -2.21. The summed E-state index contributed by atoms with van der Waals surface area (Å²) in [6, 6.07) is 5.29. The van der Waals surface area contributed by atoms with Gasteiger partial charge in [-0.2, -0.15) is 0 Å². The SMILES string of the molecule is C[C@@H](Sc1ncc2ccccn12)C(=O)NC(=O)NC(C)(C)C. The van der Waals surface area contributed by atoms with E-state index in [1.54, 1.807) is 13.1 Å². The Labute approximate surface area is 133 Å². The number of urea groups is 1. The zero-order valence-electron chi connectivity index (χ0n) is 13.1. The molecule has 2 rings (SSSR count). The largest absolute Gasteiger partial charge is 0.333 e. The fourth-order valence-electron chi connectivity index (χ4n) is 1.80. The van der Waals surface area contributed by atoms with E-state index in [4.69, 9.17) is 0 Å². The molecule has 0 aliphatic carbocycles. The van der Waals surface area contributed by atoms with Gasteiger partial charge in [-0.1, -0.05) is 17.8 Å². The summed E-state index contributed by atoms with van der Waals surface area (Å²) < 4.78 is 1.91. The number of imide groups is 1. The van der Waals surface area contributed by atoms with Crippen molar-refractivity contribution in [2.45, 2.75) is 43.6 Å². The molecule has 22 heavy (non-hydrogen) atoms. The summed E-state index contributed by atoms with van der Waals surface area (Å²) in [7, 11) is 0. The van der Waals surface area contributed by atoms with Crippen molar-refractivity contribution in [3.63, 3.8) is 0 Å². The summed E-state index contributed by atoms with van der Waals surface area (Å²) in [6.07, 6.45) is 3.64. The smallest absolute Gasteiger partial charge is 0.321 e. The number of carbonyl (C=O) groups excluding carboxylic acids is 2. The Bertz CT molecular complexity index is 690. The molecule has 0 aromatic carbocycles. The number of nitrogens with zero attached hydrogens (tertiary/aromatic N) is 2. The first-order valence-corrected chi connectivity index (χ1v) is 7.86. The van der Waals surface area contributed by atoms with E-state index in [1.807, 2.05) is 49.6 Å². The standard InChI is InChI=1S/C15H20N4O2S/c1-10(12(20)17-13(21)18-15(2,3)4)22-14-16-9-11-7-5-6-8-19(11)14/h5-10H,1-4H3,(H2,17,18,20,21)/t10-/m1/s1. The van der Waals surface area contributed by atoms with Crippen molar-refractivity contribution in [2.75, 3.05) is 0 Å². The molecule has 0 saturated carbocycles. The molecule has 6 nitrogen and oxygen atoms in total. The van der Waals surface area contributed by atoms with Gasteiger partial charge in [0.15, 0.2) is 5.16 Å². The summed E-state index contributed by atoms with van der Waals surface area (Å²) in [4.78, 5) is 28.1. The molecule has 2 heterocycles. The van der Waals surface area contributed by atoms with Gasteiger partial charge in [-0.15, -0.1) is 0 Å². The minimum absolute atomic E-state index is 0.348. The maximum Gasteiger partial charge on any atom is 0.321 e. The minimum atomic E-state index is -0.488. The van der Waals surface area contributed by atoms with Gasteiger partial charge in [-0.25, -0.2) is 9.78 Å². The molecule has 0 aliphatic heterocycles. The van der Waals surface area contributed by atoms with E-state index in [9.17, 15) is 9.59 Å². The van der Waals surface area contributed by atoms with Crippen LogP contribution in [0.1, 0.15) is 27.7 Å². The number of rotatable bonds is 3. The quantitative estimate of drug-likeness (QED) is 0.852. The van der Waals surface area contributed by atoms with Crippen LogP contribution in [-0.4, -0.2) is 32.1 Å². The lowest BCUT2D eigenvalue weighted by molar-refractivity contribution is -0.119. The molecular weight excluding hydrogens is 300 g/mol. The normalized spacial score (nSPS) is 12.9. The van der Waals surface area contributed by atoms with Crippen molar-refractivity contribution in [1.82, 2.24) is 20.0 Å². The van der Waals surface area contributed by atoms with E-state index in [0.29, 0.717) is 0 Å². The summed E-state index contributed by atoms with van der Waals surface area (Å²) in [6.45, 7) is 7.30. The first-order valence-electron chi connectivity index (χ1n) is 6.98. The van der Waals surface area contributed by atoms with Gasteiger partial charge in [0, 0.05) is 11.7 Å². The Morgan fingerprint density at radius 1 is 1.32 bits per heavy atom. The summed E-state index contributed by atoms with van der Waals surface area (Å²) in [5.74, 6) is -0.348. The highest BCUT2D eigenvalue weighted by molar-refractivity contribution is 8.00. The average molecular weight is 320 g/mol. The van der Waals surface area contributed by atoms with Crippen LogP contribution in [0.15, 0.2) is 35.7 Å². The zero-order valence-corrected chi connectivity index (χ0v) is 13.9. The van der Waals surface area contributed by atoms with E-state index in [0.717, 1.165) is 10.7 Å². The van der Waals surface area contributed by atoms with Crippen LogP contribution in [0.2, 0.25) is 0 Å². The molecule has 0 radical (unpaired) electrons. The molecule has 7 heteroatoms. The van der Waals surface area contributed by atoms with Gasteiger partial charge >= 0.3 is 6.03 Å². The number of hydrogen-bond acceptors (Lipinski definition) is 4. The lowest BCUT2D eigenvalue weighted by atomic mass is 10.1. The topological polar surface area (TPSA) is 75.5 Å². The number of thioether (sulfide) groups is 1. The first-order chi connectivity index (χ1) is 10.3.